The summed E-state index contributed by atoms with van der Waals surface area (Å²) in [5, 5.41) is 4.52. The number of benzene rings is 2. The van der Waals surface area contributed by atoms with Crippen molar-refractivity contribution in [2.45, 2.75) is 31.7 Å². The summed E-state index contributed by atoms with van der Waals surface area (Å²) in [6.07, 6.45) is 2.17. The fourth-order valence-corrected chi connectivity index (χ4v) is 3.39. The zero-order valence-corrected chi connectivity index (χ0v) is 12.5. The van der Waals surface area contributed by atoms with Gasteiger partial charge in [0.15, 0.2) is 0 Å². The highest BCUT2D eigenvalue weighted by Gasteiger charge is 2.32. The van der Waals surface area contributed by atoms with E-state index in [1.165, 1.54) is 23.1 Å². The second kappa shape index (κ2) is 5.99. The van der Waals surface area contributed by atoms with Crippen LogP contribution in [-0.4, -0.2) is 12.6 Å². The molecule has 2 heteroatoms. The van der Waals surface area contributed by atoms with Crippen LogP contribution in [0.25, 0.3) is 0 Å². The van der Waals surface area contributed by atoms with E-state index in [1.54, 1.807) is 0 Å². The molecule has 3 rings (SSSR count). The third-order valence-electron chi connectivity index (χ3n) is 4.24. The standard InChI is InChI=1S/C18H20ClN/c1-2-20-18(12-14-8-4-6-10-17(14)19)16-11-13-7-3-5-9-15(13)16/h3-10,16,18,20H,2,11-12H2,1H3. The number of hydrogen-bond donors (Lipinski definition) is 1. The lowest BCUT2D eigenvalue weighted by Gasteiger charge is -2.37. The van der Waals surface area contributed by atoms with Crippen molar-refractivity contribution in [3.8, 4) is 0 Å². The summed E-state index contributed by atoms with van der Waals surface area (Å²) >= 11 is 6.31. The lowest BCUT2D eigenvalue weighted by molar-refractivity contribution is 0.405. The normalized spacial score (nSPS) is 18.2. The Hall–Kier alpha value is -1.31. The summed E-state index contributed by atoms with van der Waals surface area (Å²) < 4.78 is 0. The SMILES string of the molecule is CCNC(Cc1ccccc1Cl)C1Cc2ccccc21. The molecule has 0 saturated carbocycles. The Morgan fingerprint density at radius 3 is 2.65 bits per heavy atom. The molecule has 0 bridgehead atoms. The zero-order chi connectivity index (χ0) is 13.9. The fraction of sp³-hybridized carbons (Fsp3) is 0.333. The maximum absolute atomic E-state index is 6.31. The van der Waals surface area contributed by atoms with Crippen molar-refractivity contribution in [2.75, 3.05) is 6.54 Å². The van der Waals surface area contributed by atoms with E-state index in [1.807, 2.05) is 12.1 Å². The van der Waals surface area contributed by atoms with Gasteiger partial charge in [-0.3, -0.25) is 0 Å². The average molecular weight is 286 g/mol. The highest BCUT2D eigenvalue weighted by molar-refractivity contribution is 6.31. The van der Waals surface area contributed by atoms with Crippen LogP contribution in [0.5, 0.6) is 0 Å². The lowest BCUT2D eigenvalue weighted by Crippen LogP contribution is -2.41. The van der Waals surface area contributed by atoms with E-state index in [9.17, 15) is 0 Å². The molecule has 0 spiro atoms. The van der Waals surface area contributed by atoms with E-state index in [0.29, 0.717) is 12.0 Å². The van der Waals surface area contributed by atoms with Gasteiger partial charge >= 0.3 is 0 Å². The van der Waals surface area contributed by atoms with Crippen LogP contribution < -0.4 is 5.32 Å². The minimum absolute atomic E-state index is 0.467. The van der Waals surface area contributed by atoms with Crippen LogP contribution in [0.15, 0.2) is 48.5 Å². The van der Waals surface area contributed by atoms with Crippen molar-refractivity contribution in [1.82, 2.24) is 5.32 Å². The van der Waals surface area contributed by atoms with Gasteiger partial charge < -0.3 is 5.32 Å². The first-order valence-corrected chi connectivity index (χ1v) is 7.72. The van der Waals surface area contributed by atoms with E-state index in [-0.39, 0.29) is 0 Å². The van der Waals surface area contributed by atoms with Gasteiger partial charge in [0.1, 0.15) is 0 Å². The molecule has 2 unspecified atom stereocenters. The molecular weight excluding hydrogens is 266 g/mol. The van der Waals surface area contributed by atoms with Crippen molar-refractivity contribution in [3.63, 3.8) is 0 Å². The molecule has 0 heterocycles. The molecule has 1 aliphatic carbocycles. The minimum Gasteiger partial charge on any atom is -0.313 e. The minimum atomic E-state index is 0.467. The Morgan fingerprint density at radius 2 is 1.90 bits per heavy atom. The summed E-state index contributed by atoms with van der Waals surface area (Å²) in [4.78, 5) is 0. The molecule has 20 heavy (non-hydrogen) atoms. The number of nitrogens with one attached hydrogen (secondary N) is 1. The number of hydrogen-bond acceptors (Lipinski definition) is 1. The molecule has 0 saturated heterocycles. The molecule has 0 aromatic heterocycles. The van der Waals surface area contributed by atoms with Gasteiger partial charge in [-0.25, -0.2) is 0 Å². The Kier molecular flexibility index (Phi) is 4.09. The third kappa shape index (κ3) is 2.61. The fourth-order valence-electron chi connectivity index (χ4n) is 3.18. The van der Waals surface area contributed by atoms with Gasteiger partial charge in [-0.05, 0) is 42.1 Å². The highest BCUT2D eigenvalue weighted by Crippen LogP contribution is 2.38. The van der Waals surface area contributed by atoms with Gasteiger partial charge in [0.2, 0.25) is 0 Å². The molecule has 2 aromatic carbocycles. The Labute approximate surface area is 126 Å². The van der Waals surface area contributed by atoms with Gasteiger partial charge in [-0.2, -0.15) is 0 Å². The molecule has 1 nitrogen and oxygen atoms in total. The quantitative estimate of drug-likeness (QED) is 0.868. The van der Waals surface area contributed by atoms with Gasteiger partial charge in [0.05, 0.1) is 0 Å². The third-order valence-corrected chi connectivity index (χ3v) is 4.61. The van der Waals surface area contributed by atoms with Crippen LogP contribution in [0.3, 0.4) is 0 Å². The van der Waals surface area contributed by atoms with Crippen LogP contribution in [0.1, 0.15) is 29.5 Å². The van der Waals surface area contributed by atoms with Crippen LogP contribution in [-0.2, 0) is 12.8 Å². The van der Waals surface area contributed by atoms with Crippen molar-refractivity contribution in [3.05, 3.63) is 70.2 Å². The monoisotopic (exact) mass is 285 g/mol. The van der Waals surface area contributed by atoms with Crippen molar-refractivity contribution in [2.24, 2.45) is 0 Å². The van der Waals surface area contributed by atoms with E-state index in [2.05, 4.69) is 48.6 Å². The Morgan fingerprint density at radius 1 is 1.15 bits per heavy atom. The van der Waals surface area contributed by atoms with Gasteiger partial charge in [0, 0.05) is 17.0 Å². The van der Waals surface area contributed by atoms with Gasteiger partial charge in [-0.1, -0.05) is 61.0 Å². The predicted molar refractivity (Wildman–Crippen MR) is 85.5 cm³/mol. The predicted octanol–water partition coefficient (Wildman–Crippen LogP) is 4.20. The molecule has 2 aromatic rings. The molecule has 1 N–H and O–H groups in total. The van der Waals surface area contributed by atoms with E-state index in [0.717, 1.165) is 18.0 Å². The van der Waals surface area contributed by atoms with E-state index < -0.39 is 0 Å². The number of halogens is 1. The Bertz CT molecular complexity index is 593. The molecule has 0 radical (unpaired) electrons. The van der Waals surface area contributed by atoms with Crippen LogP contribution >= 0.6 is 11.6 Å². The van der Waals surface area contributed by atoms with Crippen LogP contribution in [0.2, 0.25) is 5.02 Å². The largest absolute Gasteiger partial charge is 0.313 e. The number of likely N-dealkylation sites (N-methyl/N-ethyl adjacent to an activating group) is 1. The first-order chi connectivity index (χ1) is 9.79. The molecule has 0 fully saturated rings. The summed E-state index contributed by atoms with van der Waals surface area (Å²) in [5.74, 6) is 0.613. The summed E-state index contributed by atoms with van der Waals surface area (Å²) in [7, 11) is 0. The summed E-state index contributed by atoms with van der Waals surface area (Å²) in [5.41, 5.74) is 4.24. The van der Waals surface area contributed by atoms with E-state index in [4.69, 9.17) is 11.6 Å². The summed E-state index contributed by atoms with van der Waals surface area (Å²) in [6, 6.07) is 17.4. The smallest absolute Gasteiger partial charge is 0.0438 e. The van der Waals surface area contributed by atoms with Gasteiger partial charge in [-0.15, -0.1) is 0 Å². The first-order valence-electron chi connectivity index (χ1n) is 7.34. The maximum Gasteiger partial charge on any atom is 0.0438 e. The van der Waals surface area contributed by atoms with Crippen molar-refractivity contribution in [1.29, 1.82) is 0 Å². The molecule has 0 amide bonds. The topological polar surface area (TPSA) is 12.0 Å². The number of rotatable bonds is 5. The average Bonchev–Trinajstić information content (AvgIpc) is 2.43. The lowest BCUT2D eigenvalue weighted by atomic mass is 9.72. The second-order valence-corrected chi connectivity index (χ2v) is 5.88. The van der Waals surface area contributed by atoms with E-state index >= 15 is 0 Å². The van der Waals surface area contributed by atoms with Crippen LogP contribution in [0.4, 0.5) is 0 Å². The molecule has 1 aliphatic rings. The summed E-state index contributed by atoms with van der Waals surface area (Å²) in [6.45, 7) is 3.16. The highest BCUT2D eigenvalue weighted by atomic mass is 35.5. The van der Waals surface area contributed by atoms with Crippen molar-refractivity contribution < 1.29 is 0 Å². The molecule has 2 atom stereocenters. The second-order valence-electron chi connectivity index (χ2n) is 5.47. The molecule has 104 valence electrons. The van der Waals surface area contributed by atoms with Crippen LogP contribution in [0, 0.1) is 0 Å². The number of fused-ring (bicyclic) bond motifs is 1. The van der Waals surface area contributed by atoms with Gasteiger partial charge in [0.25, 0.3) is 0 Å². The van der Waals surface area contributed by atoms with Crippen molar-refractivity contribution >= 4 is 11.6 Å². The molecular formula is C18H20ClN. The Balaban J connectivity index is 1.79. The molecule has 0 aliphatic heterocycles. The maximum atomic E-state index is 6.31. The zero-order valence-electron chi connectivity index (χ0n) is 11.8. The first kappa shape index (κ1) is 13.7.